The summed E-state index contributed by atoms with van der Waals surface area (Å²) in [5, 5.41) is 8.80. The summed E-state index contributed by atoms with van der Waals surface area (Å²) < 4.78 is 0. The lowest BCUT2D eigenvalue weighted by molar-refractivity contribution is -0.124. The van der Waals surface area contributed by atoms with Crippen LogP contribution in [0.4, 0.5) is 0 Å². The van der Waals surface area contributed by atoms with E-state index in [1.165, 1.54) is 0 Å². The van der Waals surface area contributed by atoms with Crippen LogP contribution in [0.1, 0.15) is 34.1 Å². The molecule has 1 amide bonds. The fraction of sp³-hybridized carbons (Fsp3) is 0.375. The van der Waals surface area contributed by atoms with Crippen LogP contribution in [0.3, 0.4) is 0 Å². The molecule has 0 bridgehead atoms. The Morgan fingerprint density at radius 2 is 1.95 bits per heavy atom. The standard InChI is InChI=1S/C16H25N3O2/c1-6-8-13(15(17)11(3)12(4)18-5)10-14(9-7-2)16(20)19-21/h6,8-10,21H,7,17H2,1-5H3,(H,19,20)/b8-6-,13-10+,14-9-,15-11?,18-12?. The number of hydrogen-bond acceptors (Lipinski definition) is 4. The van der Waals surface area contributed by atoms with Crippen LogP contribution < -0.4 is 11.2 Å². The molecule has 116 valence electrons. The number of nitrogens with zero attached hydrogens (tertiary/aromatic N) is 1. The summed E-state index contributed by atoms with van der Waals surface area (Å²) >= 11 is 0. The molecule has 21 heavy (non-hydrogen) atoms. The highest BCUT2D eigenvalue weighted by Gasteiger charge is 2.09. The van der Waals surface area contributed by atoms with Crippen molar-refractivity contribution in [2.45, 2.75) is 34.1 Å². The van der Waals surface area contributed by atoms with E-state index >= 15 is 0 Å². The second kappa shape index (κ2) is 9.72. The molecule has 0 unspecified atom stereocenters. The van der Waals surface area contributed by atoms with Crippen LogP contribution in [-0.4, -0.2) is 23.9 Å². The Kier molecular flexibility index (Phi) is 8.73. The van der Waals surface area contributed by atoms with E-state index in [9.17, 15) is 4.79 Å². The zero-order chi connectivity index (χ0) is 16.4. The van der Waals surface area contributed by atoms with Gasteiger partial charge in [0, 0.05) is 24.0 Å². The van der Waals surface area contributed by atoms with Gasteiger partial charge in [0.15, 0.2) is 0 Å². The van der Waals surface area contributed by atoms with Crippen molar-refractivity contribution in [1.82, 2.24) is 5.48 Å². The van der Waals surface area contributed by atoms with Gasteiger partial charge in [0.1, 0.15) is 0 Å². The molecule has 0 fully saturated rings. The first-order chi connectivity index (χ1) is 9.92. The Labute approximate surface area is 126 Å². The molecule has 0 aromatic carbocycles. The number of hydrogen-bond donors (Lipinski definition) is 3. The molecular weight excluding hydrogens is 266 g/mol. The summed E-state index contributed by atoms with van der Waals surface area (Å²) in [6.07, 6.45) is 7.69. The summed E-state index contributed by atoms with van der Waals surface area (Å²) in [5.74, 6) is -0.565. The van der Waals surface area contributed by atoms with E-state index in [0.717, 1.165) is 11.3 Å². The van der Waals surface area contributed by atoms with Crippen LogP contribution in [0.25, 0.3) is 0 Å². The molecule has 4 N–H and O–H groups in total. The number of aliphatic imine (C=N–C) groups is 1. The van der Waals surface area contributed by atoms with E-state index in [1.54, 1.807) is 24.7 Å². The second-order valence-corrected chi connectivity index (χ2v) is 4.46. The zero-order valence-corrected chi connectivity index (χ0v) is 13.4. The average molecular weight is 291 g/mol. The highest BCUT2D eigenvalue weighted by atomic mass is 16.5. The lowest BCUT2D eigenvalue weighted by atomic mass is 10.0. The van der Waals surface area contributed by atoms with Gasteiger partial charge in [-0.2, -0.15) is 0 Å². The monoisotopic (exact) mass is 291 g/mol. The van der Waals surface area contributed by atoms with Crippen LogP contribution in [0.15, 0.2) is 51.7 Å². The third kappa shape index (κ3) is 5.79. The van der Waals surface area contributed by atoms with Crippen molar-refractivity contribution in [2.24, 2.45) is 10.7 Å². The zero-order valence-electron chi connectivity index (χ0n) is 13.4. The van der Waals surface area contributed by atoms with Gasteiger partial charge in [-0.3, -0.25) is 15.0 Å². The fourth-order valence-corrected chi connectivity index (χ4v) is 1.64. The lowest BCUT2D eigenvalue weighted by Crippen LogP contribution is -2.20. The molecule has 0 rings (SSSR count). The summed E-state index contributed by atoms with van der Waals surface area (Å²) in [7, 11) is 1.70. The smallest absolute Gasteiger partial charge is 0.274 e. The van der Waals surface area contributed by atoms with Gasteiger partial charge in [-0.05, 0) is 44.4 Å². The van der Waals surface area contributed by atoms with E-state index in [1.807, 2.05) is 39.8 Å². The van der Waals surface area contributed by atoms with E-state index < -0.39 is 5.91 Å². The Hall–Kier alpha value is -2.14. The number of nitrogens with one attached hydrogen (secondary N) is 1. The van der Waals surface area contributed by atoms with Crippen LogP contribution in [-0.2, 0) is 4.79 Å². The van der Waals surface area contributed by atoms with Crippen molar-refractivity contribution in [3.05, 3.63) is 46.7 Å². The first kappa shape index (κ1) is 18.9. The minimum absolute atomic E-state index is 0.356. The number of carbonyl (C=O) groups is 1. The minimum atomic E-state index is -0.565. The van der Waals surface area contributed by atoms with Gasteiger partial charge in [0.05, 0.1) is 0 Å². The van der Waals surface area contributed by atoms with Crippen LogP contribution in [0, 0.1) is 0 Å². The summed E-state index contributed by atoms with van der Waals surface area (Å²) in [6.45, 7) is 7.53. The van der Waals surface area contributed by atoms with E-state index in [-0.39, 0.29) is 0 Å². The van der Waals surface area contributed by atoms with Crippen molar-refractivity contribution in [3.63, 3.8) is 0 Å². The van der Waals surface area contributed by atoms with Gasteiger partial charge in [-0.15, -0.1) is 0 Å². The first-order valence-electron chi connectivity index (χ1n) is 6.82. The summed E-state index contributed by atoms with van der Waals surface area (Å²) in [5.41, 5.74) is 11.1. The number of rotatable bonds is 6. The van der Waals surface area contributed by atoms with E-state index in [0.29, 0.717) is 23.3 Å². The number of carbonyl (C=O) groups excluding carboxylic acids is 1. The maximum Gasteiger partial charge on any atom is 0.274 e. The maximum atomic E-state index is 11.6. The molecule has 0 aliphatic heterocycles. The Balaban J connectivity index is 5.95. The van der Waals surface area contributed by atoms with Crippen molar-refractivity contribution in [2.75, 3.05) is 7.05 Å². The van der Waals surface area contributed by atoms with Gasteiger partial charge in [0.2, 0.25) is 0 Å². The van der Waals surface area contributed by atoms with Crippen molar-refractivity contribution in [3.8, 4) is 0 Å². The molecular formula is C16H25N3O2. The topological polar surface area (TPSA) is 87.7 Å². The third-order valence-electron chi connectivity index (χ3n) is 3.04. The van der Waals surface area contributed by atoms with Crippen molar-refractivity contribution < 1.29 is 10.0 Å². The predicted molar refractivity (Wildman–Crippen MR) is 87.1 cm³/mol. The molecule has 0 saturated heterocycles. The van der Waals surface area contributed by atoms with E-state index in [4.69, 9.17) is 10.9 Å². The number of amides is 1. The van der Waals surface area contributed by atoms with Gasteiger partial charge in [-0.1, -0.05) is 25.2 Å². The van der Waals surface area contributed by atoms with Gasteiger partial charge in [-0.25, -0.2) is 5.48 Å². The Morgan fingerprint density at radius 3 is 2.38 bits per heavy atom. The molecule has 0 aliphatic rings. The van der Waals surface area contributed by atoms with Crippen LogP contribution in [0.2, 0.25) is 0 Å². The molecule has 0 heterocycles. The molecule has 0 atom stereocenters. The number of hydroxylamine groups is 1. The molecule has 0 radical (unpaired) electrons. The molecule has 0 aliphatic carbocycles. The van der Waals surface area contributed by atoms with E-state index in [2.05, 4.69) is 4.99 Å². The molecule has 0 saturated carbocycles. The number of nitrogens with two attached hydrogens (primary N) is 1. The van der Waals surface area contributed by atoms with Gasteiger partial charge >= 0.3 is 0 Å². The van der Waals surface area contributed by atoms with Crippen LogP contribution >= 0.6 is 0 Å². The first-order valence-corrected chi connectivity index (χ1v) is 6.82. The minimum Gasteiger partial charge on any atom is -0.398 e. The Bertz CT molecular complexity index is 524. The molecule has 0 spiro atoms. The largest absolute Gasteiger partial charge is 0.398 e. The highest BCUT2D eigenvalue weighted by Crippen LogP contribution is 2.16. The maximum absolute atomic E-state index is 11.6. The normalized spacial score (nSPS) is 15.2. The predicted octanol–water partition coefficient (Wildman–Crippen LogP) is 2.65. The summed E-state index contributed by atoms with van der Waals surface area (Å²) in [4.78, 5) is 15.8. The molecule has 0 aromatic heterocycles. The van der Waals surface area contributed by atoms with Gasteiger partial charge < -0.3 is 5.73 Å². The number of allylic oxidation sites excluding steroid dienone is 4. The average Bonchev–Trinajstić information content (AvgIpc) is 2.50. The molecule has 0 aromatic rings. The quantitative estimate of drug-likeness (QED) is 0.231. The Morgan fingerprint density at radius 1 is 1.33 bits per heavy atom. The SMILES string of the molecule is C\C=C/C(=C\C(=C\CC)C(=O)NO)C(N)=C(C)C(C)=NC. The third-order valence-corrected chi connectivity index (χ3v) is 3.04. The van der Waals surface area contributed by atoms with Crippen molar-refractivity contribution >= 4 is 11.6 Å². The fourth-order valence-electron chi connectivity index (χ4n) is 1.64. The molecule has 5 nitrogen and oxygen atoms in total. The van der Waals surface area contributed by atoms with Crippen molar-refractivity contribution in [1.29, 1.82) is 0 Å². The summed E-state index contributed by atoms with van der Waals surface area (Å²) in [6, 6.07) is 0. The highest BCUT2D eigenvalue weighted by molar-refractivity contribution is 5.99. The van der Waals surface area contributed by atoms with Crippen LogP contribution in [0.5, 0.6) is 0 Å². The van der Waals surface area contributed by atoms with Gasteiger partial charge in [0.25, 0.3) is 5.91 Å². The second-order valence-electron chi connectivity index (χ2n) is 4.46. The lowest BCUT2D eigenvalue weighted by Gasteiger charge is -2.10. The molecule has 5 heteroatoms.